The van der Waals surface area contributed by atoms with E-state index in [-0.39, 0.29) is 30.4 Å². The van der Waals surface area contributed by atoms with E-state index in [4.69, 9.17) is 5.11 Å². The Hall–Kier alpha value is -3.15. The maximum absolute atomic E-state index is 11.8. The summed E-state index contributed by atoms with van der Waals surface area (Å²) in [4.78, 5) is 23.5. The molecular formula is C18H19N3O3. The van der Waals surface area contributed by atoms with E-state index in [1.54, 1.807) is 12.1 Å². The van der Waals surface area contributed by atoms with Crippen molar-refractivity contribution in [2.75, 3.05) is 5.32 Å². The van der Waals surface area contributed by atoms with E-state index < -0.39 is 0 Å². The third-order valence-electron chi connectivity index (χ3n) is 3.29. The second kappa shape index (κ2) is 8.47. The van der Waals surface area contributed by atoms with Crippen LogP contribution in [0.4, 0.5) is 5.69 Å². The summed E-state index contributed by atoms with van der Waals surface area (Å²) in [5, 5.41) is 15.7. The molecule has 0 spiro atoms. The third-order valence-corrected chi connectivity index (χ3v) is 3.29. The average Bonchev–Trinajstić information content (AvgIpc) is 2.57. The Morgan fingerprint density at radius 1 is 1.04 bits per heavy atom. The van der Waals surface area contributed by atoms with Gasteiger partial charge >= 0.3 is 0 Å². The van der Waals surface area contributed by atoms with Gasteiger partial charge in [0.1, 0.15) is 5.75 Å². The minimum atomic E-state index is -0.343. The molecule has 0 aromatic heterocycles. The van der Waals surface area contributed by atoms with Crippen molar-refractivity contribution in [1.29, 1.82) is 0 Å². The third kappa shape index (κ3) is 5.57. The van der Waals surface area contributed by atoms with E-state index in [2.05, 4.69) is 15.8 Å². The first-order chi connectivity index (χ1) is 11.5. The molecule has 6 heteroatoms. The number of nitrogens with one attached hydrogen (secondary N) is 2. The zero-order chi connectivity index (χ0) is 17.4. The van der Waals surface area contributed by atoms with E-state index in [0.717, 1.165) is 16.8 Å². The zero-order valence-electron chi connectivity index (χ0n) is 13.3. The van der Waals surface area contributed by atoms with Crippen molar-refractivity contribution in [3.05, 3.63) is 59.7 Å². The second-order valence-electron chi connectivity index (χ2n) is 5.25. The van der Waals surface area contributed by atoms with Gasteiger partial charge in [-0.25, -0.2) is 5.43 Å². The number of phenols is 1. The lowest BCUT2D eigenvalue weighted by atomic mass is 10.2. The minimum Gasteiger partial charge on any atom is -0.508 e. The van der Waals surface area contributed by atoms with E-state index in [1.807, 2.05) is 31.2 Å². The van der Waals surface area contributed by atoms with Crippen LogP contribution in [0.3, 0.4) is 0 Å². The van der Waals surface area contributed by atoms with Crippen LogP contribution in [-0.2, 0) is 9.59 Å². The van der Waals surface area contributed by atoms with Crippen LogP contribution in [0.2, 0.25) is 0 Å². The molecule has 0 heterocycles. The number of nitrogens with zero attached hydrogens (tertiary/aromatic N) is 1. The SMILES string of the molecule is Cc1ccccc1NC(=O)CCC(=O)N/N=C/c1ccc(O)cc1. The molecule has 0 bridgehead atoms. The number of rotatable bonds is 6. The van der Waals surface area contributed by atoms with Crippen molar-refractivity contribution >= 4 is 23.7 Å². The molecule has 0 fully saturated rings. The minimum absolute atomic E-state index is 0.0463. The molecule has 0 radical (unpaired) electrons. The molecule has 0 aliphatic carbocycles. The molecule has 124 valence electrons. The molecule has 0 saturated heterocycles. The van der Waals surface area contributed by atoms with Crippen molar-refractivity contribution in [3.63, 3.8) is 0 Å². The van der Waals surface area contributed by atoms with Gasteiger partial charge < -0.3 is 10.4 Å². The van der Waals surface area contributed by atoms with Crippen LogP contribution < -0.4 is 10.7 Å². The number of amides is 2. The molecule has 0 aliphatic rings. The number of carbonyl (C=O) groups excluding carboxylic acids is 2. The number of anilines is 1. The molecule has 0 atom stereocenters. The number of para-hydroxylation sites is 1. The highest BCUT2D eigenvalue weighted by atomic mass is 16.3. The quantitative estimate of drug-likeness (QED) is 0.563. The van der Waals surface area contributed by atoms with Crippen molar-refractivity contribution in [1.82, 2.24) is 5.43 Å². The van der Waals surface area contributed by atoms with Gasteiger partial charge in [-0.05, 0) is 48.4 Å². The van der Waals surface area contributed by atoms with Gasteiger partial charge in [-0.3, -0.25) is 9.59 Å². The van der Waals surface area contributed by atoms with E-state index in [1.165, 1.54) is 18.3 Å². The van der Waals surface area contributed by atoms with Gasteiger partial charge in [-0.1, -0.05) is 18.2 Å². The molecule has 3 N–H and O–H groups in total. The Bertz CT molecular complexity index is 739. The fourth-order valence-corrected chi connectivity index (χ4v) is 1.95. The molecule has 2 aromatic carbocycles. The Morgan fingerprint density at radius 3 is 2.42 bits per heavy atom. The van der Waals surface area contributed by atoms with Crippen LogP contribution in [0, 0.1) is 6.92 Å². The predicted molar refractivity (Wildman–Crippen MR) is 92.9 cm³/mol. The van der Waals surface area contributed by atoms with Gasteiger partial charge in [0.05, 0.1) is 6.21 Å². The van der Waals surface area contributed by atoms with Crippen molar-refractivity contribution < 1.29 is 14.7 Å². The first-order valence-corrected chi connectivity index (χ1v) is 7.51. The van der Waals surface area contributed by atoms with Gasteiger partial charge in [0.2, 0.25) is 11.8 Å². The Balaban J connectivity index is 1.73. The molecule has 0 aliphatic heterocycles. The van der Waals surface area contributed by atoms with Crippen LogP contribution in [0.1, 0.15) is 24.0 Å². The van der Waals surface area contributed by atoms with Gasteiger partial charge in [0.15, 0.2) is 0 Å². The highest BCUT2D eigenvalue weighted by Gasteiger charge is 2.07. The molecule has 6 nitrogen and oxygen atoms in total. The number of aryl methyl sites for hydroxylation is 1. The van der Waals surface area contributed by atoms with Gasteiger partial charge in [0, 0.05) is 18.5 Å². The predicted octanol–water partition coefficient (Wildman–Crippen LogP) is 2.57. The maximum atomic E-state index is 11.8. The molecule has 0 unspecified atom stereocenters. The van der Waals surface area contributed by atoms with Crippen molar-refractivity contribution in [2.24, 2.45) is 5.10 Å². The number of carbonyl (C=O) groups is 2. The smallest absolute Gasteiger partial charge is 0.240 e. The van der Waals surface area contributed by atoms with Gasteiger partial charge in [-0.2, -0.15) is 5.10 Å². The lowest BCUT2D eigenvalue weighted by molar-refractivity contribution is -0.124. The molecule has 2 aromatic rings. The van der Waals surface area contributed by atoms with Gasteiger partial charge in [-0.15, -0.1) is 0 Å². The fraction of sp³-hybridized carbons (Fsp3) is 0.167. The van der Waals surface area contributed by atoms with Crippen LogP contribution in [0.15, 0.2) is 53.6 Å². The Morgan fingerprint density at radius 2 is 1.71 bits per heavy atom. The number of phenolic OH excluding ortho intramolecular Hbond substituents is 1. The standard InChI is InChI=1S/C18H19N3O3/c1-13-4-2-3-5-16(13)20-17(23)10-11-18(24)21-19-12-14-6-8-15(22)9-7-14/h2-9,12,22H,10-11H2,1H3,(H,20,23)(H,21,24)/b19-12+. The summed E-state index contributed by atoms with van der Waals surface area (Å²) < 4.78 is 0. The summed E-state index contributed by atoms with van der Waals surface area (Å²) >= 11 is 0. The molecular weight excluding hydrogens is 306 g/mol. The van der Waals surface area contributed by atoms with Crippen molar-refractivity contribution in [2.45, 2.75) is 19.8 Å². The maximum Gasteiger partial charge on any atom is 0.240 e. The van der Waals surface area contributed by atoms with Crippen LogP contribution in [0.5, 0.6) is 5.75 Å². The van der Waals surface area contributed by atoms with E-state index >= 15 is 0 Å². The van der Waals surface area contributed by atoms with Crippen LogP contribution >= 0.6 is 0 Å². The first-order valence-electron chi connectivity index (χ1n) is 7.51. The topological polar surface area (TPSA) is 90.8 Å². The Kier molecular flexibility index (Phi) is 6.08. The fourth-order valence-electron chi connectivity index (χ4n) is 1.95. The molecule has 2 amide bonds. The monoisotopic (exact) mass is 325 g/mol. The summed E-state index contributed by atoms with van der Waals surface area (Å²) in [7, 11) is 0. The summed E-state index contributed by atoms with van der Waals surface area (Å²) in [6, 6.07) is 13.8. The van der Waals surface area contributed by atoms with Crippen LogP contribution in [-0.4, -0.2) is 23.1 Å². The average molecular weight is 325 g/mol. The van der Waals surface area contributed by atoms with Gasteiger partial charge in [0.25, 0.3) is 0 Å². The summed E-state index contributed by atoms with van der Waals surface area (Å²) in [5.41, 5.74) is 4.82. The summed E-state index contributed by atoms with van der Waals surface area (Å²) in [6.07, 6.45) is 1.59. The number of aromatic hydroxyl groups is 1. The number of hydrogen-bond donors (Lipinski definition) is 3. The zero-order valence-corrected chi connectivity index (χ0v) is 13.3. The summed E-state index contributed by atoms with van der Waals surface area (Å²) in [6.45, 7) is 1.90. The largest absolute Gasteiger partial charge is 0.508 e. The number of hydrogen-bond acceptors (Lipinski definition) is 4. The molecule has 0 saturated carbocycles. The van der Waals surface area contributed by atoms with Crippen LogP contribution in [0.25, 0.3) is 0 Å². The van der Waals surface area contributed by atoms with Crippen molar-refractivity contribution in [3.8, 4) is 5.75 Å². The normalized spacial score (nSPS) is 10.5. The lowest BCUT2D eigenvalue weighted by Crippen LogP contribution is -2.20. The highest BCUT2D eigenvalue weighted by Crippen LogP contribution is 2.13. The number of benzene rings is 2. The molecule has 24 heavy (non-hydrogen) atoms. The summed E-state index contributed by atoms with van der Waals surface area (Å²) in [5.74, 6) is -0.400. The molecule has 2 rings (SSSR count). The lowest BCUT2D eigenvalue weighted by Gasteiger charge is -2.07. The first kappa shape index (κ1) is 17.2. The Labute approximate surface area is 140 Å². The number of hydrazone groups is 1. The van der Waals surface area contributed by atoms with E-state index in [9.17, 15) is 9.59 Å². The second-order valence-corrected chi connectivity index (χ2v) is 5.25. The highest BCUT2D eigenvalue weighted by molar-refractivity contribution is 5.94. The van der Waals surface area contributed by atoms with E-state index in [0.29, 0.717) is 0 Å².